The number of hydrogen-bond donors (Lipinski definition) is 1. The molecule has 1 heterocycles. The highest BCUT2D eigenvalue weighted by atomic mass is 16.5. The van der Waals surface area contributed by atoms with E-state index in [1.54, 1.807) is 10.8 Å². The van der Waals surface area contributed by atoms with E-state index >= 15 is 0 Å². The van der Waals surface area contributed by atoms with E-state index in [-0.39, 0.29) is 11.6 Å². The number of hydrogen-bond acceptors (Lipinski definition) is 3. The predicted molar refractivity (Wildman–Crippen MR) is 113 cm³/mol. The summed E-state index contributed by atoms with van der Waals surface area (Å²) in [6, 6.07) is 17.4. The minimum Gasteiger partial charge on any atom is -0.441 e. The summed E-state index contributed by atoms with van der Waals surface area (Å²) < 4.78 is 7.50. The molecule has 0 atom stereocenters. The number of para-hydroxylation sites is 1. The van der Waals surface area contributed by atoms with E-state index < -0.39 is 0 Å². The first kappa shape index (κ1) is 19.2. The average Bonchev–Trinajstić information content (AvgIpc) is 3.23. The molecule has 5 heteroatoms. The molecule has 1 amide bonds. The molecule has 0 aliphatic rings. The number of carbonyl (C=O) groups is 1. The number of benzene rings is 2. The molecule has 28 heavy (non-hydrogen) atoms. The van der Waals surface area contributed by atoms with Crippen molar-refractivity contribution in [3.63, 3.8) is 0 Å². The highest BCUT2D eigenvalue weighted by Crippen LogP contribution is 2.22. The third-order valence-electron chi connectivity index (χ3n) is 4.27. The van der Waals surface area contributed by atoms with E-state index in [4.69, 9.17) is 4.74 Å². The van der Waals surface area contributed by atoms with E-state index in [9.17, 15) is 4.79 Å². The van der Waals surface area contributed by atoms with Crippen molar-refractivity contribution >= 4 is 23.2 Å². The van der Waals surface area contributed by atoms with E-state index in [1.807, 2.05) is 55.5 Å². The van der Waals surface area contributed by atoms with Crippen LogP contribution in [0.2, 0.25) is 0 Å². The van der Waals surface area contributed by atoms with Gasteiger partial charge in [-0.05, 0) is 43.7 Å². The molecule has 0 unspecified atom stereocenters. The van der Waals surface area contributed by atoms with Crippen molar-refractivity contribution in [3.05, 3.63) is 96.6 Å². The second-order valence-corrected chi connectivity index (χ2v) is 6.19. The highest BCUT2D eigenvalue weighted by molar-refractivity contribution is 6.02. The van der Waals surface area contributed by atoms with E-state index in [2.05, 4.69) is 35.9 Å². The summed E-state index contributed by atoms with van der Waals surface area (Å²) >= 11 is 0. The van der Waals surface area contributed by atoms with Crippen LogP contribution < -0.4 is 5.32 Å². The number of amides is 1. The first-order valence-electron chi connectivity index (χ1n) is 9.14. The van der Waals surface area contributed by atoms with Gasteiger partial charge in [-0.1, -0.05) is 49.4 Å². The molecule has 3 aromatic rings. The number of nitrogens with zero attached hydrogens (tertiary/aromatic N) is 2. The zero-order valence-electron chi connectivity index (χ0n) is 16.1. The topological polar surface area (TPSA) is 56.2 Å². The quantitative estimate of drug-likeness (QED) is 0.579. The molecule has 3 rings (SSSR count). The molecule has 0 fully saturated rings. The van der Waals surface area contributed by atoms with Gasteiger partial charge in [0, 0.05) is 17.4 Å². The van der Waals surface area contributed by atoms with Crippen LogP contribution in [0.15, 0.2) is 79.8 Å². The van der Waals surface area contributed by atoms with Crippen LogP contribution in [0.5, 0.6) is 0 Å². The lowest BCUT2D eigenvalue weighted by Gasteiger charge is -2.13. The molecule has 5 nitrogen and oxygen atoms in total. The summed E-state index contributed by atoms with van der Waals surface area (Å²) in [4.78, 5) is 16.5. The van der Waals surface area contributed by atoms with Gasteiger partial charge in [-0.15, -0.1) is 0 Å². The Morgan fingerprint density at radius 1 is 1.18 bits per heavy atom. The van der Waals surface area contributed by atoms with Crippen molar-refractivity contribution in [2.75, 3.05) is 5.32 Å². The Labute approximate surface area is 165 Å². The van der Waals surface area contributed by atoms with Crippen LogP contribution in [-0.2, 0) is 11.2 Å². The van der Waals surface area contributed by atoms with Crippen LogP contribution in [0.4, 0.5) is 5.69 Å². The zero-order chi connectivity index (χ0) is 19.9. The van der Waals surface area contributed by atoms with Crippen molar-refractivity contribution in [1.82, 2.24) is 9.55 Å². The normalized spacial score (nSPS) is 11.1. The smallest absolute Gasteiger partial charge is 0.275 e. The van der Waals surface area contributed by atoms with Gasteiger partial charge in [-0.3, -0.25) is 9.36 Å². The second kappa shape index (κ2) is 8.86. The molecule has 0 saturated carbocycles. The maximum Gasteiger partial charge on any atom is 0.275 e. The maximum atomic E-state index is 12.3. The Hall–Kier alpha value is -3.60. The van der Waals surface area contributed by atoms with Crippen LogP contribution >= 0.6 is 0 Å². The molecule has 0 radical (unpaired) electrons. The van der Waals surface area contributed by atoms with Gasteiger partial charge >= 0.3 is 0 Å². The summed E-state index contributed by atoms with van der Waals surface area (Å²) in [5.74, 6) is 0.759. The summed E-state index contributed by atoms with van der Waals surface area (Å²) in [5, 5.41) is 2.80. The van der Waals surface area contributed by atoms with Gasteiger partial charge in [0.25, 0.3) is 5.91 Å². The van der Waals surface area contributed by atoms with Gasteiger partial charge in [0.1, 0.15) is 17.8 Å². The third kappa shape index (κ3) is 4.57. The second-order valence-electron chi connectivity index (χ2n) is 6.19. The lowest BCUT2D eigenvalue weighted by molar-refractivity contribution is 0.102. The van der Waals surface area contributed by atoms with Gasteiger partial charge in [0.05, 0.1) is 0 Å². The van der Waals surface area contributed by atoms with Crippen molar-refractivity contribution < 1.29 is 9.53 Å². The maximum absolute atomic E-state index is 12.3. The Balaban J connectivity index is 1.68. The predicted octanol–water partition coefficient (Wildman–Crippen LogP) is 5.20. The summed E-state index contributed by atoms with van der Waals surface area (Å²) in [6.45, 7) is 7.98. The number of nitrogens with one attached hydrogen (secondary N) is 1. The number of anilines is 1. The molecule has 1 aromatic heterocycles. The SMILES string of the molecule is C=C(O/C(=C\C)c1ccc(CC)cc1)n1cnc(C(=O)Nc2ccccc2)c1. The van der Waals surface area contributed by atoms with Crippen LogP contribution in [0.25, 0.3) is 11.6 Å². The Morgan fingerprint density at radius 3 is 2.54 bits per heavy atom. The van der Waals surface area contributed by atoms with Crippen molar-refractivity contribution in [1.29, 1.82) is 0 Å². The van der Waals surface area contributed by atoms with E-state index in [0.717, 1.165) is 12.0 Å². The molecule has 0 spiro atoms. The van der Waals surface area contributed by atoms with Crippen molar-refractivity contribution in [2.45, 2.75) is 20.3 Å². The number of ether oxygens (including phenoxy) is 1. The van der Waals surface area contributed by atoms with Gasteiger partial charge in [0.15, 0.2) is 5.88 Å². The third-order valence-corrected chi connectivity index (χ3v) is 4.27. The molecule has 2 aromatic carbocycles. The van der Waals surface area contributed by atoms with Gasteiger partial charge in [0.2, 0.25) is 0 Å². The number of rotatable bonds is 7. The Bertz CT molecular complexity index is 986. The molecule has 142 valence electrons. The van der Waals surface area contributed by atoms with Gasteiger partial charge in [-0.2, -0.15) is 0 Å². The molecule has 0 aliphatic heterocycles. The number of aromatic nitrogens is 2. The first-order chi connectivity index (χ1) is 13.6. The fourth-order valence-corrected chi connectivity index (χ4v) is 2.66. The molecular formula is C23H23N3O2. The Morgan fingerprint density at radius 2 is 1.89 bits per heavy atom. The molecule has 1 N–H and O–H groups in total. The fraction of sp³-hybridized carbons (Fsp3) is 0.130. The standard InChI is InChI=1S/C23H23N3O2/c1-4-18-11-13-19(14-12-18)22(5-2)28-17(3)26-15-21(24-16-26)23(27)25-20-9-7-6-8-10-20/h5-16H,3-4H2,1-2H3,(H,25,27)/b22-5-. The van der Waals surface area contributed by atoms with Crippen LogP contribution in [0, 0.1) is 0 Å². The number of carbonyl (C=O) groups excluding carboxylic acids is 1. The van der Waals surface area contributed by atoms with E-state index in [1.165, 1.54) is 11.9 Å². The minimum atomic E-state index is -0.292. The largest absolute Gasteiger partial charge is 0.441 e. The average molecular weight is 373 g/mol. The lowest BCUT2D eigenvalue weighted by atomic mass is 10.1. The summed E-state index contributed by atoms with van der Waals surface area (Å²) in [6.07, 6.45) is 5.97. The monoisotopic (exact) mass is 373 g/mol. The molecule has 0 aliphatic carbocycles. The van der Waals surface area contributed by atoms with Crippen LogP contribution in [-0.4, -0.2) is 15.5 Å². The number of imidazole rings is 1. The summed E-state index contributed by atoms with van der Waals surface area (Å²) in [7, 11) is 0. The molecule has 0 saturated heterocycles. The van der Waals surface area contributed by atoms with Crippen LogP contribution in [0.1, 0.15) is 35.5 Å². The van der Waals surface area contributed by atoms with Crippen molar-refractivity contribution in [2.24, 2.45) is 0 Å². The number of aryl methyl sites for hydroxylation is 1. The van der Waals surface area contributed by atoms with Crippen LogP contribution in [0.3, 0.4) is 0 Å². The van der Waals surface area contributed by atoms with E-state index in [0.29, 0.717) is 17.3 Å². The van der Waals surface area contributed by atoms with Gasteiger partial charge < -0.3 is 10.1 Å². The first-order valence-corrected chi connectivity index (χ1v) is 9.14. The molecular weight excluding hydrogens is 350 g/mol. The van der Waals surface area contributed by atoms with Gasteiger partial charge in [-0.25, -0.2) is 4.98 Å². The van der Waals surface area contributed by atoms with Crippen molar-refractivity contribution in [3.8, 4) is 0 Å². The minimum absolute atomic E-state index is 0.280. The highest BCUT2D eigenvalue weighted by Gasteiger charge is 2.12. The Kier molecular flexibility index (Phi) is 6.07. The lowest BCUT2D eigenvalue weighted by Crippen LogP contribution is -2.12. The number of allylic oxidation sites excluding steroid dienone is 1. The molecule has 0 bridgehead atoms. The zero-order valence-corrected chi connectivity index (χ0v) is 16.1. The fourth-order valence-electron chi connectivity index (χ4n) is 2.66. The summed E-state index contributed by atoms with van der Waals surface area (Å²) in [5.41, 5.74) is 3.22.